The van der Waals surface area contributed by atoms with E-state index in [1.54, 1.807) is 0 Å². The van der Waals surface area contributed by atoms with Crippen LogP contribution in [-0.2, 0) is 0 Å². The molecule has 0 saturated carbocycles. The van der Waals surface area contributed by atoms with Gasteiger partial charge >= 0.3 is 0 Å². The molecule has 0 N–H and O–H groups in total. The van der Waals surface area contributed by atoms with E-state index in [0.29, 0.717) is 0 Å². The molecule has 64 heavy (non-hydrogen) atoms. The SMILES string of the molecule is c1ccc(-c2ccccc2-c2ccccc2-c2ccccc2N(c2ccc(-c3ccc4c(ccc5ccccc54)c3)cc2)c2ccccc2-n2c3ccccc3c3ccccc32)cc1. The van der Waals surface area contributed by atoms with Crippen LogP contribution in [0.4, 0.5) is 17.1 Å². The molecule has 2 nitrogen and oxygen atoms in total. The van der Waals surface area contributed by atoms with Gasteiger partial charge in [0.05, 0.1) is 28.1 Å². The maximum atomic E-state index is 2.46. The molecule has 0 radical (unpaired) electrons. The summed E-state index contributed by atoms with van der Waals surface area (Å²) in [5.74, 6) is 0. The molecule has 0 spiro atoms. The molecule has 12 rings (SSSR count). The van der Waals surface area contributed by atoms with Gasteiger partial charge in [0.15, 0.2) is 0 Å². The molecule has 12 aromatic rings. The highest BCUT2D eigenvalue weighted by atomic mass is 15.2. The maximum Gasteiger partial charge on any atom is 0.0702 e. The summed E-state index contributed by atoms with van der Waals surface area (Å²) in [6.45, 7) is 0. The van der Waals surface area contributed by atoms with Gasteiger partial charge < -0.3 is 9.47 Å². The standard InChI is InChI=1S/C62H42N2/c1-2-18-44(19-3-1)50-22-6-7-23-52(50)53-24-8-9-25-54(53)55-26-10-13-29-58(55)63(61-32-16-17-33-62(61)64-59-30-14-11-27-56(59)57-28-12-15-31-60(57)64)48-39-36-43(37-40-48)46-38-41-51-47(42-46)35-34-45-20-4-5-21-49(45)51/h1-42H. The van der Waals surface area contributed by atoms with Gasteiger partial charge in [-0.1, -0.05) is 206 Å². The van der Waals surface area contributed by atoms with E-state index < -0.39 is 0 Å². The Balaban J connectivity index is 1.07. The molecular formula is C62H42N2. The fourth-order valence-corrected chi connectivity index (χ4v) is 9.86. The second-order valence-electron chi connectivity index (χ2n) is 16.4. The van der Waals surface area contributed by atoms with E-state index in [4.69, 9.17) is 0 Å². The summed E-state index contributed by atoms with van der Waals surface area (Å²) in [6.07, 6.45) is 0. The monoisotopic (exact) mass is 814 g/mol. The number of aromatic nitrogens is 1. The molecule has 0 atom stereocenters. The highest BCUT2D eigenvalue weighted by molar-refractivity contribution is 6.11. The number of rotatable bonds is 8. The normalized spacial score (nSPS) is 11.4. The summed E-state index contributed by atoms with van der Waals surface area (Å²) in [7, 11) is 0. The smallest absolute Gasteiger partial charge is 0.0702 e. The van der Waals surface area contributed by atoms with Crippen molar-refractivity contribution in [3.05, 3.63) is 255 Å². The van der Waals surface area contributed by atoms with Crippen LogP contribution in [0, 0.1) is 0 Å². The lowest BCUT2D eigenvalue weighted by Crippen LogP contribution is -2.14. The van der Waals surface area contributed by atoms with Crippen LogP contribution in [0.3, 0.4) is 0 Å². The number of hydrogen-bond acceptors (Lipinski definition) is 1. The Kier molecular flexibility index (Phi) is 9.20. The molecule has 2 heteroatoms. The summed E-state index contributed by atoms with van der Waals surface area (Å²) in [5.41, 5.74) is 16.1. The minimum Gasteiger partial charge on any atom is -0.308 e. The zero-order valence-electron chi connectivity index (χ0n) is 35.1. The van der Waals surface area contributed by atoms with Gasteiger partial charge in [-0.05, 0) is 109 Å². The van der Waals surface area contributed by atoms with Gasteiger partial charge in [-0.2, -0.15) is 0 Å². The molecule has 0 bridgehead atoms. The Morgan fingerprint density at radius 2 is 0.750 bits per heavy atom. The third kappa shape index (κ3) is 6.35. The van der Waals surface area contributed by atoms with Crippen molar-refractivity contribution < 1.29 is 0 Å². The molecule has 0 amide bonds. The largest absolute Gasteiger partial charge is 0.308 e. The van der Waals surface area contributed by atoms with E-state index in [9.17, 15) is 0 Å². The highest BCUT2D eigenvalue weighted by Gasteiger charge is 2.24. The first-order valence-corrected chi connectivity index (χ1v) is 22.0. The van der Waals surface area contributed by atoms with Crippen molar-refractivity contribution in [2.24, 2.45) is 0 Å². The van der Waals surface area contributed by atoms with Crippen LogP contribution < -0.4 is 4.90 Å². The molecular weight excluding hydrogens is 773 g/mol. The van der Waals surface area contributed by atoms with Gasteiger partial charge in [0, 0.05) is 22.0 Å². The molecule has 1 aromatic heterocycles. The van der Waals surface area contributed by atoms with Crippen LogP contribution >= 0.6 is 0 Å². The van der Waals surface area contributed by atoms with Crippen molar-refractivity contribution in [1.29, 1.82) is 0 Å². The molecule has 0 aliphatic heterocycles. The Labute approximate surface area is 373 Å². The summed E-state index contributed by atoms with van der Waals surface area (Å²) in [5, 5.41) is 7.52. The van der Waals surface area contributed by atoms with Crippen LogP contribution in [0.1, 0.15) is 0 Å². The fraction of sp³-hybridized carbons (Fsp3) is 0. The van der Waals surface area contributed by atoms with Crippen molar-refractivity contribution in [3.8, 4) is 50.2 Å². The average Bonchev–Trinajstić information content (AvgIpc) is 3.71. The van der Waals surface area contributed by atoms with Gasteiger partial charge in [-0.25, -0.2) is 0 Å². The van der Waals surface area contributed by atoms with Gasteiger partial charge in [-0.3, -0.25) is 0 Å². The van der Waals surface area contributed by atoms with E-state index >= 15 is 0 Å². The van der Waals surface area contributed by atoms with Gasteiger partial charge in [0.1, 0.15) is 0 Å². The number of para-hydroxylation sites is 5. The summed E-state index contributed by atoms with van der Waals surface area (Å²) in [4.78, 5) is 2.46. The van der Waals surface area contributed by atoms with E-state index in [1.807, 2.05) is 0 Å². The maximum absolute atomic E-state index is 2.46. The summed E-state index contributed by atoms with van der Waals surface area (Å²) in [6, 6.07) is 92.8. The van der Waals surface area contributed by atoms with E-state index in [1.165, 1.54) is 82.3 Å². The number of nitrogens with zero attached hydrogens (tertiary/aromatic N) is 2. The van der Waals surface area contributed by atoms with Crippen LogP contribution in [0.25, 0.3) is 93.5 Å². The second kappa shape index (κ2) is 15.8. The molecule has 0 unspecified atom stereocenters. The van der Waals surface area contributed by atoms with Crippen molar-refractivity contribution in [2.45, 2.75) is 0 Å². The lowest BCUT2D eigenvalue weighted by Gasteiger charge is -2.31. The van der Waals surface area contributed by atoms with Gasteiger partial charge in [0.2, 0.25) is 0 Å². The predicted octanol–water partition coefficient (Wildman–Crippen LogP) is 17.2. The lowest BCUT2D eigenvalue weighted by molar-refractivity contribution is 1.15. The van der Waals surface area contributed by atoms with E-state index in [0.717, 1.165) is 28.3 Å². The average molecular weight is 815 g/mol. The second-order valence-corrected chi connectivity index (χ2v) is 16.4. The van der Waals surface area contributed by atoms with Crippen LogP contribution in [-0.4, -0.2) is 4.57 Å². The molecule has 11 aromatic carbocycles. The zero-order chi connectivity index (χ0) is 42.4. The number of anilines is 3. The molecule has 300 valence electrons. The molecule has 0 aliphatic carbocycles. The summed E-state index contributed by atoms with van der Waals surface area (Å²) >= 11 is 0. The van der Waals surface area contributed by atoms with Crippen molar-refractivity contribution in [2.75, 3.05) is 4.90 Å². The Morgan fingerprint density at radius 3 is 1.47 bits per heavy atom. The third-order valence-electron chi connectivity index (χ3n) is 12.8. The topological polar surface area (TPSA) is 8.17 Å². The quantitative estimate of drug-likeness (QED) is 0.139. The predicted molar refractivity (Wildman–Crippen MR) is 272 cm³/mol. The third-order valence-corrected chi connectivity index (χ3v) is 12.8. The highest BCUT2D eigenvalue weighted by Crippen LogP contribution is 2.47. The summed E-state index contributed by atoms with van der Waals surface area (Å²) < 4.78 is 2.44. The minimum atomic E-state index is 1.07. The Bertz CT molecular complexity index is 3620. The first-order chi connectivity index (χ1) is 31.8. The number of fused-ring (bicyclic) bond motifs is 6. The Hall–Kier alpha value is -8.46. The molecule has 0 aliphatic rings. The molecule has 0 fully saturated rings. The minimum absolute atomic E-state index is 1.07. The van der Waals surface area contributed by atoms with E-state index in [-0.39, 0.29) is 0 Å². The van der Waals surface area contributed by atoms with E-state index in [2.05, 4.69) is 264 Å². The number of benzene rings is 11. The fourth-order valence-electron chi connectivity index (χ4n) is 9.86. The zero-order valence-corrected chi connectivity index (χ0v) is 35.1. The number of hydrogen-bond donors (Lipinski definition) is 0. The van der Waals surface area contributed by atoms with Crippen LogP contribution in [0.5, 0.6) is 0 Å². The molecule has 0 saturated heterocycles. The first kappa shape index (κ1) is 37.3. The van der Waals surface area contributed by atoms with Crippen molar-refractivity contribution >= 4 is 60.4 Å². The van der Waals surface area contributed by atoms with Gasteiger partial charge in [-0.15, -0.1) is 0 Å². The van der Waals surface area contributed by atoms with Crippen LogP contribution in [0.2, 0.25) is 0 Å². The molecule has 1 heterocycles. The van der Waals surface area contributed by atoms with Crippen molar-refractivity contribution in [1.82, 2.24) is 4.57 Å². The lowest BCUT2D eigenvalue weighted by atomic mass is 9.88. The van der Waals surface area contributed by atoms with Crippen molar-refractivity contribution in [3.63, 3.8) is 0 Å². The van der Waals surface area contributed by atoms with Gasteiger partial charge in [0.25, 0.3) is 0 Å². The first-order valence-electron chi connectivity index (χ1n) is 22.0. The Morgan fingerprint density at radius 1 is 0.266 bits per heavy atom. The van der Waals surface area contributed by atoms with Crippen LogP contribution in [0.15, 0.2) is 255 Å².